The number of nitrogens with two attached hydrogens (primary N) is 1. The molecular weight excluding hydrogens is 324 g/mol. The summed E-state index contributed by atoms with van der Waals surface area (Å²) in [4.78, 5) is 4.21. The van der Waals surface area contributed by atoms with Gasteiger partial charge in [0.15, 0.2) is 0 Å². The first kappa shape index (κ1) is 16.3. The van der Waals surface area contributed by atoms with Crippen LogP contribution < -0.4 is 5.73 Å². The van der Waals surface area contributed by atoms with Crippen molar-refractivity contribution in [2.24, 2.45) is 10.7 Å². The second-order valence-electron chi connectivity index (χ2n) is 5.38. The van der Waals surface area contributed by atoms with Crippen molar-refractivity contribution in [3.63, 3.8) is 0 Å². The van der Waals surface area contributed by atoms with E-state index >= 15 is 0 Å². The zero-order valence-corrected chi connectivity index (χ0v) is 14.4. The molecule has 0 saturated heterocycles. The Hall–Kier alpha value is -2.60. The van der Waals surface area contributed by atoms with Crippen LogP contribution in [0, 0.1) is 6.92 Å². The van der Waals surface area contributed by atoms with Crippen molar-refractivity contribution in [1.29, 1.82) is 0 Å². The standard InChI is InChI=1S/C17H19ClN6/c1-3-23-11-15(12(2)21-23)16-8-9-24(22-16)14-6-4-13(5-7-14)20-17(19)10-18/h4-9,11H,3,10H2,1-2H3,(H2,19,20). The van der Waals surface area contributed by atoms with E-state index in [-0.39, 0.29) is 5.88 Å². The van der Waals surface area contributed by atoms with Gasteiger partial charge in [-0.3, -0.25) is 4.68 Å². The molecule has 2 aromatic heterocycles. The summed E-state index contributed by atoms with van der Waals surface area (Å²) in [6.07, 6.45) is 3.96. The van der Waals surface area contributed by atoms with Gasteiger partial charge in [-0.1, -0.05) is 0 Å². The van der Waals surface area contributed by atoms with Gasteiger partial charge in [0, 0.05) is 24.5 Å². The van der Waals surface area contributed by atoms with E-state index in [0.29, 0.717) is 5.84 Å². The highest BCUT2D eigenvalue weighted by atomic mass is 35.5. The number of alkyl halides is 1. The molecule has 2 N–H and O–H groups in total. The lowest BCUT2D eigenvalue weighted by atomic mass is 10.2. The van der Waals surface area contributed by atoms with Crippen LogP contribution in [-0.4, -0.2) is 31.3 Å². The third-order valence-electron chi connectivity index (χ3n) is 3.66. The van der Waals surface area contributed by atoms with Crippen LogP contribution in [-0.2, 0) is 6.54 Å². The van der Waals surface area contributed by atoms with E-state index in [1.807, 2.05) is 59.0 Å². The van der Waals surface area contributed by atoms with Gasteiger partial charge in [0.2, 0.25) is 0 Å². The molecule has 0 unspecified atom stereocenters. The van der Waals surface area contributed by atoms with Gasteiger partial charge in [0.1, 0.15) is 5.84 Å². The number of hydrogen-bond acceptors (Lipinski definition) is 3. The Bertz CT molecular complexity index is 860. The first-order chi connectivity index (χ1) is 11.6. The Balaban J connectivity index is 1.86. The average molecular weight is 343 g/mol. The van der Waals surface area contributed by atoms with Gasteiger partial charge >= 0.3 is 0 Å². The lowest BCUT2D eigenvalue weighted by Crippen LogP contribution is -2.12. The van der Waals surface area contributed by atoms with Gasteiger partial charge in [-0.15, -0.1) is 11.6 Å². The smallest absolute Gasteiger partial charge is 0.115 e. The van der Waals surface area contributed by atoms with Gasteiger partial charge in [-0.2, -0.15) is 10.2 Å². The Morgan fingerprint density at radius 2 is 1.96 bits per heavy atom. The summed E-state index contributed by atoms with van der Waals surface area (Å²) in [6, 6.07) is 9.65. The summed E-state index contributed by atoms with van der Waals surface area (Å²) >= 11 is 5.64. The fourth-order valence-electron chi connectivity index (χ4n) is 2.42. The maximum Gasteiger partial charge on any atom is 0.115 e. The van der Waals surface area contributed by atoms with Gasteiger partial charge in [-0.05, 0) is 44.2 Å². The zero-order chi connectivity index (χ0) is 17.1. The summed E-state index contributed by atoms with van der Waals surface area (Å²) in [7, 11) is 0. The first-order valence-electron chi connectivity index (χ1n) is 7.70. The molecule has 0 atom stereocenters. The van der Waals surface area contributed by atoms with Crippen LogP contribution in [0.2, 0.25) is 0 Å². The van der Waals surface area contributed by atoms with E-state index < -0.39 is 0 Å². The average Bonchev–Trinajstić information content (AvgIpc) is 3.21. The molecule has 0 bridgehead atoms. The molecule has 0 saturated carbocycles. The summed E-state index contributed by atoms with van der Waals surface area (Å²) in [5.74, 6) is 0.615. The van der Waals surface area contributed by atoms with Crippen molar-refractivity contribution in [2.75, 3.05) is 5.88 Å². The Kier molecular flexibility index (Phi) is 4.66. The normalized spacial score (nSPS) is 11.9. The van der Waals surface area contributed by atoms with E-state index in [2.05, 4.69) is 22.1 Å². The molecule has 124 valence electrons. The minimum absolute atomic E-state index is 0.217. The first-order valence-corrected chi connectivity index (χ1v) is 8.23. The van der Waals surface area contributed by atoms with Crippen molar-refractivity contribution in [3.8, 4) is 16.9 Å². The molecule has 7 heteroatoms. The number of nitrogens with zero attached hydrogens (tertiary/aromatic N) is 5. The summed E-state index contributed by atoms with van der Waals surface area (Å²) in [6.45, 7) is 4.90. The van der Waals surface area contributed by atoms with E-state index in [9.17, 15) is 0 Å². The highest BCUT2D eigenvalue weighted by molar-refractivity contribution is 6.28. The number of aliphatic imine (C=N–C) groups is 1. The summed E-state index contributed by atoms with van der Waals surface area (Å²) < 4.78 is 3.74. The molecule has 1 aromatic carbocycles. The van der Waals surface area contributed by atoms with E-state index in [4.69, 9.17) is 17.3 Å². The van der Waals surface area contributed by atoms with Crippen LogP contribution in [0.5, 0.6) is 0 Å². The van der Waals surface area contributed by atoms with Crippen molar-refractivity contribution < 1.29 is 0 Å². The van der Waals surface area contributed by atoms with Crippen molar-refractivity contribution in [1.82, 2.24) is 19.6 Å². The molecule has 0 aliphatic carbocycles. The lowest BCUT2D eigenvalue weighted by molar-refractivity contribution is 0.653. The van der Waals surface area contributed by atoms with Gasteiger partial charge in [0.25, 0.3) is 0 Å². The quantitative estimate of drug-likeness (QED) is 0.439. The number of aryl methyl sites for hydroxylation is 2. The maximum absolute atomic E-state index is 5.64. The van der Waals surface area contributed by atoms with Crippen LogP contribution in [0.15, 0.2) is 47.7 Å². The van der Waals surface area contributed by atoms with Gasteiger partial charge in [0.05, 0.1) is 28.6 Å². The molecule has 0 spiro atoms. The molecule has 0 fully saturated rings. The summed E-state index contributed by atoms with van der Waals surface area (Å²) in [5, 5.41) is 9.11. The predicted octanol–water partition coefficient (Wildman–Crippen LogP) is 3.29. The second-order valence-corrected chi connectivity index (χ2v) is 5.65. The number of amidine groups is 1. The molecule has 3 rings (SSSR count). The minimum Gasteiger partial charge on any atom is -0.386 e. The maximum atomic E-state index is 5.64. The molecule has 3 aromatic rings. The Morgan fingerprint density at radius 1 is 1.21 bits per heavy atom. The third kappa shape index (κ3) is 3.33. The molecule has 6 nitrogen and oxygen atoms in total. The zero-order valence-electron chi connectivity index (χ0n) is 13.6. The number of aromatic nitrogens is 4. The fraction of sp³-hybridized carbons (Fsp3) is 0.235. The topological polar surface area (TPSA) is 74.0 Å². The highest BCUT2D eigenvalue weighted by Crippen LogP contribution is 2.22. The molecule has 0 aliphatic heterocycles. The Labute approximate surface area is 145 Å². The van der Waals surface area contributed by atoms with Crippen LogP contribution in [0.1, 0.15) is 12.6 Å². The van der Waals surface area contributed by atoms with Gasteiger partial charge < -0.3 is 5.73 Å². The highest BCUT2D eigenvalue weighted by Gasteiger charge is 2.10. The van der Waals surface area contributed by atoms with E-state index in [1.165, 1.54) is 0 Å². The molecular formula is C17H19ClN6. The second kappa shape index (κ2) is 6.88. The molecule has 24 heavy (non-hydrogen) atoms. The molecule has 2 heterocycles. The summed E-state index contributed by atoms with van der Waals surface area (Å²) in [5.41, 5.74) is 10.3. The van der Waals surface area contributed by atoms with E-state index in [0.717, 1.165) is 34.9 Å². The largest absolute Gasteiger partial charge is 0.386 e. The van der Waals surface area contributed by atoms with Crippen molar-refractivity contribution in [3.05, 3.63) is 48.4 Å². The number of benzene rings is 1. The predicted molar refractivity (Wildman–Crippen MR) is 97.2 cm³/mol. The molecule has 0 amide bonds. The van der Waals surface area contributed by atoms with Crippen LogP contribution in [0.4, 0.5) is 5.69 Å². The van der Waals surface area contributed by atoms with Crippen molar-refractivity contribution >= 4 is 23.1 Å². The molecule has 0 aliphatic rings. The SMILES string of the molecule is CCn1cc(-c2ccn(-c3ccc(N=C(N)CCl)cc3)n2)c(C)n1. The van der Waals surface area contributed by atoms with Crippen LogP contribution >= 0.6 is 11.6 Å². The minimum atomic E-state index is 0.217. The number of hydrogen-bond donors (Lipinski definition) is 1. The number of halogens is 1. The van der Waals surface area contributed by atoms with E-state index in [1.54, 1.807) is 0 Å². The fourth-order valence-corrected chi connectivity index (χ4v) is 2.48. The monoisotopic (exact) mass is 342 g/mol. The Morgan fingerprint density at radius 3 is 2.58 bits per heavy atom. The number of rotatable bonds is 5. The van der Waals surface area contributed by atoms with Crippen molar-refractivity contribution in [2.45, 2.75) is 20.4 Å². The van der Waals surface area contributed by atoms with Crippen LogP contribution in [0.3, 0.4) is 0 Å². The lowest BCUT2D eigenvalue weighted by Gasteiger charge is -2.02. The van der Waals surface area contributed by atoms with Gasteiger partial charge in [-0.25, -0.2) is 9.67 Å². The van der Waals surface area contributed by atoms with Crippen LogP contribution in [0.25, 0.3) is 16.9 Å². The third-order valence-corrected chi connectivity index (χ3v) is 3.93. The molecule has 0 radical (unpaired) electrons.